The molecule has 0 unspecified atom stereocenters. The van der Waals surface area contributed by atoms with Gasteiger partial charge in [0, 0.05) is 25.2 Å². The van der Waals surface area contributed by atoms with Crippen LogP contribution in [0.3, 0.4) is 0 Å². The van der Waals surface area contributed by atoms with Crippen LogP contribution in [-0.4, -0.2) is 19.0 Å². The van der Waals surface area contributed by atoms with Crippen molar-refractivity contribution in [1.29, 1.82) is 0 Å². The van der Waals surface area contributed by atoms with Gasteiger partial charge in [-0.3, -0.25) is 4.99 Å². The van der Waals surface area contributed by atoms with Crippen LogP contribution in [0.15, 0.2) is 11.1 Å². The molecule has 0 bridgehead atoms. The minimum atomic E-state index is 0. The van der Waals surface area contributed by atoms with Gasteiger partial charge in [0.15, 0.2) is 5.96 Å². The SMILES string of the molecule is Clc1cc(CNC2=NCCCN2)c(Cl)s1.I. The summed E-state index contributed by atoms with van der Waals surface area (Å²) in [5.74, 6) is 0.847. The quantitative estimate of drug-likeness (QED) is 0.760. The minimum absolute atomic E-state index is 0. The van der Waals surface area contributed by atoms with E-state index in [4.69, 9.17) is 23.2 Å². The van der Waals surface area contributed by atoms with E-state index in [-0.39, 0.29) is 24.0 Å². The number of hydrogen-bond donors (Lipinski definition) is 2. The van der Waals surface area contributed by atoms with Gasteiger partial charge < -0.3 is 10.6 Å². The molecule has 0 amide bonds. The van der Waals surface area contributed by atoms with Crippen LogP contribution in [0.1, 0.15) is 12.0 Å². The Bertz CT molecular complexity index is 381. The van der Waals surface area contributed by atoms with E-state index < -0.39 is 0 Å². The Labute approximate surface area is 126 Å². The fourth-order valence-corrected chi connectivity index (χ4v) is 2.81. The van der Waals surface area contributed by atoms with Crippen LogP contribution in [0.25, 0.3) is 0 Å². The van der Waals surface area contributed by atoms with Crippen molar-refractivity contribution in [2.45, 2.75) is 13.0 Å². The normalized spacial score (nSPS) is 14.8. The van der Waals surface area contributed by atoms with E-state index in [2.05, 4.69) is 15.6 Å². The molecule has 2 heterocycles. The summed E-state index contributed by atoms with van der Waals surface area (Å²) in [4.78, 5) is 4.30. The van der Waals surface area contributed by atoms with E-state index in [9.17, 15) is 0 Å². The summed E-state index contributed by atoms with van der Waals surface area (Å²) in [7, 11) is 0. The number of guanidine groups is 1. The maximum Gasteiger partial charge on any atom is 0.191 e. The van der Waals surface area contributed by atoms with E-state index in [1.807, 2.05) is 6.07 Å². The first-order valence-corrected chi connectivity index (χ1v) is 6.29. The number of aliphatic imine (C=N–C) groups is 1. The van der Waals surface area contributed by atoms with Gasteiger partial charge >= 0.3 is 0 Å². The molecule has 0 saturated heterocycles. The number of halogens is 3. The highest BCUT2D eigenvalue weighted by Gasteiger charge is 2.07. The van der Waals surface area contributed by atoms with Crippen molar-refractivity contribution in [1.82, 2.24) is 10.6 Å². The second kappa shape index (κ2) is 6.88. The van der Waals surface area contributed by atoms with Crippen molar-refractivity contribution in [3.63, 3.8) is 0 Å². The van der Waals surface area contributed by atoms with Gasteiger partial charge in [0.1, 0.15) is 0 Å². The Morgan fingerprint density at radius 1 is 1.50 bits per heavy atom. The molecule has 0 fully saturated rings. The Hall–Kier alpha value is 0.280. The fraction of sp³-hybridized carbons (Fsp3) is 0.444. The van der Waals surface area contributed by atoms with Gasteiger partial charge in [-0.25, -0.2) is 0 Å². The monoisotopic (exact) mass is 391 g/mol. The zero-order chi connectivity index (χ0) is 10.7. The van der Waals surface area contributed by atoms with Crippen LogP contribution in [0, 0.1) is 0 Å². The van der Waals surface area contributed by atoms with E-state index in [0.717, 1.165) is 39.7 Å². The molecule has 0 radical (unpaired) electrons. The summed E-state index contributed by atoms with van der Waals surface area (Å²) >= 11 is 13.2. The highest BCUT2D eigenvalue weighted by Crippen LogP contribution is 2.30. The van der Waals surface area contributed by atoms with Crippen LogP contribution >= 0.6 is 58.5 Å². The third-order valence-electron chi connectivity index (χ3n) is 2.07. The lowest BCUT2D eigenvalue weighted by atomic mass is 10.3. The molecular formula is C9H12Cl2IN3S. The van der Waals surface area contributed by atoms with Crippen LogP contribution in [0.4, 0.5) is 0 Å². The minimum Gasteiger partial charge on any atom is -0.356 e. The molecule has 3 nitrogen and oxygen atoms in total. The fourth-order valence-electron chi connectivity index (χ4n) is 1.32. The van der Waals surface area contributed by atoms with Gasteiger partial charge in [-0.05, 0) is 12.5 Å². The summed E-state index contributed by atoms with van der Waals surface area (Å²) in [5.41, 5.74) is 1.02. The van der Waals surface area contributed by atoms with Crippen molar-refractivity contribution in [3.8, 4) is 0 Å². The Morgan fingerprint density at radius 2 is 2.31 bits per heavy atom. The first-order chi connectivity index (χ1) is 7.25. The van der Waals surface area contributed by atoms with Crippen molar-refractivity contribution in [2.24, 2.45) is 4.99 Å². The van der Waals surface area contributed by atoms with Crippen molar-refractivity contribution in [3.05, 3.63) is 20.3 Å². The van der Waals surface area contributed by atoms with E-state index in [1.54, 1.807) is 0 Å². The molecule has 0 aliphatic carbocycles. The average Bonchev–Trinajstić information content (AvgIpc) is 2.56. The summed E-state index contributed by atoms with van der Waals surface area (Å²) in [5, 5.41) is 6.38. The van der Waals surface area contributed by atoms with Crippen molar-refractivity contribution >= 4 is 64.5 Å². The topological polar surface area (TPSA) is 36.4 Å². The lowest BCUT2D eigenvalue weighted by Gasteiger charge is -2.15. The molecular weight excluding hydrogens is 380 g/mol. The van der Waals surface area contributed by atoms with Gasteiger partial charge in [0.05, 0.1) is 8.67 Å². The van der Waals surface area contributed by atoms with E-state index >= 15 is 0 Å². The molecule has 2 N–H and O–H groups in total. The van der Waals surface area contributed by atoms with Crippen molar-refractivity contribution < 1.29 is 0 Å². The molecule has 0 spiro atoms. The smallest absolute Gasteiger partial charge is 0.191 e. The summed E-state index contributed by atoms with van der Waals surface area (Å²) in [6.45, 7) is 2.52. The molecule has 1 aliphatic rings. The van der Waals surface area contributed by atoms with E-state index in [1.165, 1.54) is 11.3 Å². The summed E-state index contributed by atoms with van der Waals surface area (Å²) in [6.07, 6.45) is 1.09. The summed E-state index contributed by atoms with van der Waals surface area (Å²) in [6, 6.07) is 1.88. The molecule has 1 aromatic rings. The molecule has 2 rings (SSSR count). The zero-order valence-electron chi connectivity index (χ0n) is 8.43. The maximum atomic E-state index is 6.00. The second-order valence-electron chi connectivity index (χ2n) is 3.21. The number of rotatable bonds is 2. The van der Waals surface area contributed by atoms with Crippen molar-refractivity contribution in [2.75, 3.05) is 13.1 Å². The predicted octanol–water partition coefficient (Wildman–Crippen LogP) is 3.11. The molecule has 7 heteroatoms. The molecule has 90 valence electrons. The van der Waals surface area contributed by atoms with Crippen LogP contribution < -0.4 is 10.6 Å². The van der Waals surface area contributed by atoms with Crippen LogP contribution in [-0.2, 0) is 6.54 Å². The van der Waals surface area contributed by atoms with Gasteiger partial charge in [0.2, 0.25) is 0 Å². The third-order valence-corrected chi connectivity index (χ3v) is 3.64. The number of hydrogen-bond acceptors (Lipinski definition) is 4. The highest BCUT2D eigenvalue weighted by atomic mass is 127. The largest absolute Gasteiger partial charge is 0.356 e. The average molecular weight is 392 g/mol. The Balaban J connectivity index is 0.00000128. The number of nitrogens with zero attached hydrogens (tertiary/aromatic N) is 1. The van der Waals surface area contributed by atoms with Gasteiger partial charge in [-0.1, -0.05) is 23.2 Å². The number of nitrogens with one attached hydrogen (secondary N) is 2. The first kappa shape index (κ1) is 14.3. The molecule has 1 aromatic heterocycles. The third kappa shape index (κ3) is 3.94. The van der Waals surface area contributed by atoms with Crippen LogP contribution in [0.2, 0.25) is 8.67 Å². The predicted molar refractivity (Wildman–Crippen MR) is 81.5 cm³/mol. The van der Waals surface area contributed by atoms with E-state index in [0.29, 0.717) is 6.54 Å². The molecule has 0 saturated carbocycles. The molecule has 1 aliphatic heterocycles. The van der Waals surface area contributed by atoms with Gasteiger partial charge in [0.25, 0.3) is 0 Å². The first-order valence-electron chi connectivity index (χ1n) is 4.71. The van der Waals surface area contributed by atoms with Gasteiger partial charge in [-0.15, -0.1) is 35.3 Å². The lowest BCUT2D eigenvalue weighted by molar-refractivity contribution is 0.702. The number of thiophene rings is 1. The maximum absolute atomic E-state index is 6.00. The summed E-state index contributed by atoms with van der Waals surface area (Å²) < 4.78 is 1.46. The second-order valence-corrected chi connectivity index (χ2v) is 5.50. The zero-order valence-corrected chi connectivity index (χ0v) is 13.1. The Morgan fingerprint density at radius 3 is 2.88 bits per heavy atom. The lowest BCUT2D eigenvalue weighted by Crippen LogP contribution is -2.40. The Kier molecular flexibility index (Phi) is 6.17. The standard InChI is InChI=1S/C9H11Cl2N3S.HI/c10-7-4-6(8(11)15-7)5-14-9-12-2-1-3-13-9;/h4H,1-3,5H2,(H2,12,13,14);1H. The molecule has 16 heavy (non-hydrogen) atoms. The van der Waals surface area contributed by atoms with Gasteiger partial charge in [-0.2, -0.15) is 0 Å². The molecule has 0 aromatic carbocycles. The highest BCUT2D eigenvalue weighted by molar-refractivity contribution is 14.0. The molecule has 0 atom stereocenters. The van der Waals surface area contributed by atoms with Crippen LogP contribution in [0.5, 0.6) is 0 Å².